The van der Waals surface area contributed by atoms with E-state index in [1.54, 1.807) is 32.0 Å². The smallest absolute Gasteiger partial charge is 0.238 e. The van der Waals surface area contributed by atoms with Crippen LogP contribution in [0.4, 0.5) is 10.2 Å². The van der Waals surface area contributed by atoms with Crippen molar-refractivity contribution in [1.82, 2.24) is 10.5 Å². The van der Waals surface area contributed by atoms with Gasteiger partial charge < -0.3 is 15.2 Å². The minimum Gasteiger partial charge on any atom is -0.360 e. The number of thioether (sulfide) groups is 1. The molecule has 29 heavy (non-hydrogen) atoms. The van der Waals surface area contributed by atoms with E-state index in [-0.39, 0.29) is 29.4 Å². The monoisotopic (exact) mass is 433 g/mol. The van der Waals surface area contributed by atoms with Crippen molar-refractivity contribution in [3.05, 3.63) is 69.9 Å². The maximum atomic E-state index is 13.3. The second-order valence-corrected chi connectivity index (χ2v) is 8.64. The van der Waals surface area contributed by atoms with E-state index in [0.29, 0.717) is 11.6 Å². The van der Waals surface area contributed by atoms with Crippen LogP contribution >= 0.6 is 23.1 Å². The van der Waals surface area contributed by atoms with Gasteiger partial charge in [0.15, 0.2) is 5.82 Å². The lowest BCUT2D eigenvalue weighted by Gasteiger charge is -2.19. The predicted octanol–water partition coefficient (Wildman–Crippen LogP) is 4.15. The molecule has 0 fully saturated rings. The van der Waals surface area contributed by atoms with Gasteiger partial charge in [-0.2, -0.15) is 0 Å². The zero-order chi connectivity index (χ0) is 20.8. The molecule has 3 aromatic rings. The van der Waals surface area contributed by atoms with Crippen molar-refractivity contribution in [3.8, 4) is 0 Å². The summed E-state index contributed by atoms with van der Waals surface area (Å²) in [7, 11) is 0. The number of aromatic nitrogens is 1. The van der Waals surface area contributed by atoms with Gasteiger partial charge in [0.25, 0.3) is 0 Å². The van der Waals surface area contributed by atoms with Gasteiger partial charge in [0, 0.05) is 10.9 Å². The fraction of sp³-hybridized carbons (Fsp3) is 0.250. The number of nitrogens with zero attached hydrogens (tertiary/aromatic N) is 1. The number of anilines is 1. The Kier molecular flexibility index (Phi) is 7.05. The van der Waals surface area contributed by atoms with Gasteiger partial charge in [-0.25, -0.2) is 4.39 Å². The van der Waals surface area contributed by atoms with Gasteiger partial charge in [0.1, 0.15) is 11.6 Å². The van der Waals surface area contributed by atoms with Crippen LogP contribution in [0.25, 0.3) is 0 Å². The third-order valence-corrected chi connectivity index (χ3v) is 6.13. The molecule has 0 bridgehead atoms. The zero-order valence-corrected chi connectivity index (χ0v) is 17.5. The molecule has 0 aliphatic rings. The first-order valence-electron chi connectivity index (χ1n) is 8.86. The number of amides is 2. The third kappa shape index (κ3) is 5.91. The van der Waals surface area contributed by atoms with Gasteiger partial charge in [-0.15, -0.1) is 23.1 Å². The fourth-order valence-corrected chi connectivity index (χ4v) is 4.06. The molecule has 9 heteroatoms. The first-order chi connectivity index (χ1) is 13.9. The second-order valence-electron chi connectivity index (χ2n) is 6.33. The lowest BCUT2D eigenvalue weighted by atomic mass is 10.1. The van der Waals surface area contributed by atoms with Gasteiger partial charge in [0.05, 0.1) is 17.0 Å². The number of rotatable bonds is 8. The Morgan fingerprint density at radius 1 is 1.28 bits per heavy atom. The van der Waals surface area contributed by atoms with Crippen LogP contribution in [0.1, 0.15) is 29.2 Å². The summed E-state index contributed by atoms with van der Waals surface area (Å²) < 4.78 is 18.2. The van der Waals surface area contributed by atoms with E-state index in [1.807, 2.05) is 17.5 Å². The summed E-state index contributed by atoms with van der Waals surface area (Å²) in [5.41, 5.74) is 0.791. The van der Waals surface area contributed by atoms with Crippen LogP contribution < -0.4 is 10.6 Å². The van der Waals surface area contributed by atoms with Crippen molar-refractivity contribution in [3.63, 3.8) is 0 Å². The third-order valence-electron chi connectivity index (χ3n) is 4.05. The molecule has 0 spiro atoms. The number of nitrogens with one attached hydrogen (secondary N) is 2. The molecule has 0 radical (unpaired) electrons. The standard InChI is InChI=1S/C20H20FN3O3S2/c1-12-10-17(24-27-12)22-20(26)13(2)29-11-18(25)23-19(16-4-3-9-28-16)14-5-7-15(21)8-6-14/h3-10,13,19H,11H2,1-2H3,(H,23,25)(H,22,24,26). The van der Waals surface area contributed by atoms with Crippen molar-refractivity contribution in [1.29, 1.82) is 0 Å². The normalized spacial score (nSPS) is 12.9. The first kappa shape index (κ1) is 21.1. The molecule has 0 saturated heterocycles. The fourth-order valence-electron chi connectivity index (χ4n) is 2.56. The molecule has 2 aromatic heterocycles. The number of hydrogen-bond donors (Lipinski definition) is 2. The van der Waals surface area contributed by atoms with Crippen LogP contribution in [0.15, 0.2) is 52.4 Å². The van der Waals surface area contributed by atoms with Crippen LogP contribution in [-0.4, -0.2) is 28.0 Å². The van der Waals surface area contributed by atoms with E-state index in [2.05, 4.69) is 15.8 Å². The maximum Gasteiger partial charge on any atom is 0.238 e. The van der Waals surface area contributed by atoms with E-state index in [4.69, 9.17) is 4.52 Å². The SMILES string of the molecule is Cc1cc(NC(=O)C(C)SCC(=O)NC(c2ccc(F)cc2)c2cccs2)no1. The number of carbonyl (C=O) groups is 2. The summed E-state index contributed by atoms with van der Waals surface area (Å²) >= 11 is 2.73. The Morgan fingerprint density at radius 2 is 2.03 bits per heavy atom. The van der Waals surface area contributed by atoms with E-state index in [1.165, 1.54) is 35.2 Å². The Hall–Kier alpha value is -2.65. The van der Waals surface area contributed by atoms with Crippen LogP contribution in [0.3, 0.4) is 0 Å². The molecule has 2 N–H and O–H groups in total. The number of carbonyl (C=O) groups excluding carboxylic acids is 2. The van der Waals surface area contributed by atoms with Crippen molar-refractivity contribution < 1.29 is 18.5 Å². The van der Waals surface area contributed by atoms with Gasteiger partial charge in [-0.3, -0.25) is 9.59 Å². The molecular weight excluding hydrogens is 413 g/mol. The average Bonchev–Trinajstić information content (AvgIpc) is 3.37. The van der Waals surface area contributed by atoms with Gasteiger partial charge in [0.2, 0.25) is 11.8 Å². The first-order valence-corrected chi connectivity index (χ1v) is 10.8. The summed E-state index contributed by atoms with van der Waals surface area (Å²) in [5.74, 6) is 0.246. The van der Waals surface area contributed by atoms with E-state index >= 15 is 0 Å². The molecule has 2 unspecified atom stereocenters. The lowest BCUT2D eigenvalue weighted by molar-refractivity contribution is -0.119. The molecule has 2 atom stereocenters. The van der Waals surface area contributed by atoms with Crippen LogP contribution in [-0.2, 0) is 9.59 Å². The largest absolute Gasteiger partial charge is 0.360 e. The molecule has 0 aliphatic heterocycles. The highest BCUT2D eigenvalue weighted by molar-refractivity contribution is 8.01. The summed E-state index contributed by atoms with van der Waals surface area (Å²) in [5, 5.41) is 10.8. The summed E-state index contributed by atoms with van der Waals surface area (Å²) in [6.07, 6.45) is 0. The van der Waals surface area contributed by atoms with E-state index in [9.17, 15) is 14.0 Å². The van der Waals surface area contributed by atoms with Crippen molar-refractivity contribution in [2.45, 2.75) is 25.1 Å². The highest BCUT2D eigenvalue weighted by Crippen LogP contribution is 2.26. The summed E-state index contributed by atoms with van der Waals surface area (Å²) in [4.78, 5) is 25.7. The summed E-state index contributed by atoms with van der Waals surface area (Å²) in [6, 6.07) is 11.1. The minimum atomic E-state index is -0.455. The minimum absolute atomic E-state index is 0.107. The van der Waals surface area contributed by atoms with Crippen LogP contribution in [0, 0.1) is 12.7 Å². The van der Waals surface area contributed by atoms with Crippen LogP contribution in [0.5, 0.6) is 0 Å². The van der Waals surface area contributed by atoms with Crippen molar-refractivity contribution in [2.24, 2.45) is 0 Å². The molecular formula is C20H20FN3O3S2. The number of hydrogen-bond acceptors (Lipinski definition) is 6. The number of benzene rings is 1. The number of halogens is 1. The maximum absolute atomic E-state index is 13.3. The number of thiophene rings is 1. The number of aryl methyl sites for hydroxylation is 1. The zero-order valence-electron chi connectivity index (χ0n) is 15.8. The Morgan fingerprint density at radius 3 is 2.66 bits per heavy atom. The Balaban J connectivity index is 1.57. The molecule has 2 heterocycles. The molecule has 6 nitrogen and oxygen atoms in total. The molecule has 3 rings (SSSR count). The van der Waals surface area contributed by atoms with Crippen molar-refractivity contribution in [2.75, 3.05) is 11.1 Å². The van der Waals surface area contributed by atoms with Gasteiger partial charge in [-0.05, 0) is 43.0 Å². The predicted molar refractivity (Wildman–Crippen MR) is 112 cm³/mol. The molecule has 0 saturated carbocycles. The van der Waals surface area contributed by atoms with Gasteiger partial charge in [-0.1, -0.05) is 23.4 Å². The topological polar surface area (TPSA) is 84.2 Å². The molecule has 2 amide bonds. The quantitative estimate of drug-likeness (QED) is 0.558. The Bertz CT molecular complexity index is 958. The Labute approximate surface area is 175 Å². The molecule has 152 valence electrons. The molecule has 1 aromatic carbocycles. The van der Waals surface area contributed by atoms with Crippen molar-refractivity contribution >= 4 is 40.7 Å². The highest BCUT2D eigenvalue weighted by Gasteiger charge is 2.21. The second kappa shape index (κ2) is 9.71. The highest BCUT2D eigenvalue weighted by atomic mass is 32.2. The van der Waals surface area contributed by atoms with E-state index in [0.717, 1.165) is 10.4 Å². The molecule has 0 aliphatic carbocycles. The van der Waals surface area contributed by atoms with Gasteiger partial charge >= 0.3 is 0 Å². The summed E-state index contributed by atoms with van der Waals surface area (Å²) in [6.45, 7) is 3.45. The average molecular weight is 434 g/mol. The van der Waals surface area contributed by atoms with E-state index < -0.39 is 5.25 Å². The lowest BCUT2D eigenvalue weighted by Crippen LogP contribution is -2.32. The van der Waals surface area contributed by atoms with Crippen LogP contribution in [0.2, 0.25) is 0 Å².